The smallest absolute Gasteiger partial charge is 0.235 e. The van der Waals surface area contributed by atoms with Gasteiger partial charge in [0.2, 0.25) is 5.91 Å². The summed E-state index contributed by atoms with van der Waals surface area (Å²) in [5, 5.41) is 26.7. The van der Waals surface area contributed by atoms with Crippen LogP contribution in [0.1, 0.15) is 35.0 Å². The van der Waals surface area contributed by atoms with Crippen LogP contribution in [-0.4, -0.2) is 36.2 Å². The summed E-state index contributed by atoms with van der Waals surface area (Å²) in [5.41, 5.74) is 3.55. The van der Waals surface area contributed by atoms with Crippen LogP contribution in [0.25, 0.3) is 11.5 Å². The standard InChI is InChI=1S/C19H21N7OS2/c1-4-26-17(14-8-11(2)25(3)24-14)22-23-19(26)28-10-16(27)21-18-13(9-20)12-6-5-7-15(12)29-18/h8H,4-7,10H2,1-3H3,(H,21,27). The molecule has 150 valence electrons. The van der Waals surface area contributed by atoms with Crippen molar-refractivity contribution in [2.75, 3.05) is 11.1 Å². The lowest BCUT2D eigenvalue weighted by Crippen LogP contribution is -2.14. The normalized spacial score (nSPS) is 12.8. The third-order valence-corrected chi connectivity index (χ3v) is 7.17. The fourth-order valence-corrected chi connectivity index (χ4v) is 5.50. The van der Waals surface area contributed by atoms with Gasteiger partial charge >= 0.3 is 0 Å². The zero-order chi connectivity index (χ0) is 20.5. The van der Waals surface area contributed by atoms with Crippen LogP contribution in [0.5, 0.6) is 0 Å². The molecule has 1 N–H and O–H groups in total. The number of carbonyl (C=O) groups excluding carboxylic acids is 1. The van der Waals surface area contributed by atoms with Gasteiger partial charge in [-0.15, -0.1) is 21.5 Å². The zero-order valence-corrected chi connectivity index (χ0v) is 18.2. The summed E-state index contributed by atoms with van der Waals surface area (Å²) in [4.78, 5) is 13.7. The van der Waals surface area contributed by atoms with E-state index in [-0.39, 0.29) is 11.7 Å². The van der Waals surface area contributed by atoms with Crippen molar-refractivity contribution in [1.82, 2.24) is 24.5 Å². The maximum Gasteiger partial charge on any atom is 0.235 e. The Balaban J connectivity index is 1.46. The number of nitrogens with one attached hydrogen (secondary N) is 1. The molecule has 0 aliphatic heterocycles. The van der Waals surface area contributed by atoms with Crippen LogP contribution in [0, 0.1) is 18.3 Å². The van der Waals surface area contributed by atoms with Crippen molar-refractivity contribution in [3.63, 3.8) is 0 Å². The van der Waals surface area contributed by atoms with Crippen molar-refractivity contribution >= 4 is 34.0 Å². The Kier molecular flexibility index (Phi) is 5.43. The van der Waals surface area contributed by atoms with E-state index in [0.717, 1.165) is 36.2 Å². The van der Waals surface area contributed by atoms with Gasteiger partial charge in [-0.05, 0) is 44.7 Å². The van der Waals surface area contributed by atoms with Crippen LogP contribution < -0.4 is 5.32 Å². The molecule has 0 saturated heterocycles. The predicted octanol–water partition coefficient (Wildman–Crippen LogP) is 3.16. The van der Waals surface area contributed by atoms with Gasteiger partial charge in [-0.25, -0.2) is 0 Å². The molecule has 0 radical (unpaired) electrons. The lowest BCUT2D eigenvalue weighted by Gasteiger charge is -2.06. The summed E-state index contributed by atoms with van der Waals surface area (Å²) in [7, 11) is 1.89. The lowest BCUT2D eigenvalue weighted by molar-refractivity contribution is -0.113. The van der Waals surface area contributed by atoms with Crippen molar-refractivity contribution in [3.05, 3.63) is 27.8 Å². The molecule has 4 rings (SSSR count). The van der Waals surface area contributed by atoms with Gasteiger partial charge in [0.25, 0.3) is 0 Å². The Labute approximate surface area is 176 Å². The summed E-state index contributed by atoms with van der Waals surface area (Å²) < 4.78 is 3.76. The van der Waals surface area contributed by atoms with Gasteiger partial charge in [0.1, 0.15) is 16.8 Å². The first-order valence-corrected chi connectivity index (χ1v) is 11.2. The average molecular weight is 428 g/mol. The molecule has 29 heavy (non-hydrogen) atoms. The molecule has 10 heteroatoms. The molecule has 3 aromatic rings. The minimum Gasteiger partial charge on any atom is -0.316 e. The third-order valence-electron chi connectivity index (χ3n) is 4.99. The van der Waals surface area contributed by atoms with Crippen LogP contribution >= 0.6 is 23.1 Å². The fraction of sp³-hybridized carbons (Fsp3) is 0.421. The monoisotopic (exact) mass is 427 g/mol. The topological polar surface area (TPSA) is 101 Å². The van der Waals surface area contributed by atoms with Gasteiger partial charge < -0.3 is 9.88 Å². The molecule has 0 aromatic carbocycles. The highest BCUT2D eigenvalue weighted by molar-refractivity contribution is 7.99. The first kappa shape index (κ1) is 19.7. The quantitative estimate of drug-likeness (QED) is 0.607. The van der Waals surface area contributed by atoms with Gasteiger partial charge in [-0.1, -0.05) is 11.8 Å². The van der Waals surface area contributed by atoms with Crippen LogP contribution in [0.2, 0.25) is 0 Å². The van der Waals surface area contributed by atoms with Crippen LogP contribution in [-0.2, 0) is 31.2 Å². The van der Waals surface area contributed by atoms with Gasteiger partial charge in [0.15, 0.2) is 11.0 Å². The Bertz CT molecular complexity index is 1100. The molecule has 3 aromatic heterocycles. The van der Waals surface area contributed by atoms with Crippen molar-refractivity contribution in [2.24, 2.45) is 7.05 Å². The van der Waals surface area contributed by atoms with E-state index >= 15 is 0 Å². The van der Waals surface area contributed by atoms with Crippen molar-refractivity contribution in [3.8, 4) is 17.6 Å². The molecular formula is C19H21N7OS2. The number of fused-ring (bicyclic) bond motifs is 1. The number of hydrogen-bond acceptors (Lipinski definition) is 7. The van der Waals surface area contributed by atoms with E-state index in [2.05, 4.69) is 26.7 Å². The number of nitriles is 1. The number of nitrogens with zero attached hydrogens (tertiary/aromatic N) is 6. The van der Waals surface area contributed by atoms with Crippen LogP contribution in [0.15, 0.2) is 11.2 Å². The number of thiophene rings is 1. The van der Waals surface area contributed by atoms with Gasteiger partial charge in [-0.3, -0.25) is 9.48 Å². The summed E-state index contributed by atoms with van der Waals surface area (Å²) in [5.74, 6) is 0.750. The molecule has 0 bridgehead atoms. The molecule has 1 aliphatic rings. The van der Waals surface area contributed by atoms with Crippen LogP contribution in [0.4, 0.5) is 5.00 Å². The number of aromatic nitrogens is 5. The third kappa shape index (κ3) is 3.68. The summed E-state index contributed by atoms with van der Waals surface area (Å²) in [6.45, 7) is 4.68. The van der Waals surface area contributed by atoms with E-state index in [1.165, 1.54) is 28.0 Å². The zero-order valence-electron chi connectivity index (χ0n) is 16.5. The molecule has 0 spiro atoms. The minimum absolute atomic E-state index is 0.146. The maximum absolute atomic E-state index is 12.5. The Hall–Kier alpha value is -2.64. The molecule has 0 unspecified atom stereocenters. The molecule has 0 fully saturated rings. The van der Waals surface area contributed by atoms with Crippen LogP contribution in [0.3, 0.4) is 0 Å². The number of thioether (sulfide) groups is 1. The largest absolute Gasteiger partial charge is 0.316 e. The first-order valence-electron chi connectivity index (χ1n) is 9.43. The van der Waals surface area contributed by atoms with E-state index < -0.39 is 0 Å². The van der Waals surface area contributed by atoms with Gasteiger partial charge in [0, 0.05) is 24.2 Å². The van der Waals surface area contributed by atoms with E-state index in [1.807, 2.05) is 31.5 Å². The van der Waals surface area contributed by atoms with Crippen molar-refractivity contribution in [2.45, 2.75) is 44.8 Å². The Morgan fingerprint density at radius 2 is 2.24 bits per heavy atom. The van der Waals surface area contributed by atoms with Gasteiger partial charge in [0.05, 0.1) is 11.3 Å². The summed E-state index contributed by atoms with van der Waals surface area (Å²) in [6.07, 6.45) is 3.01. The number of hydrogen-bond donors (Lipinski definition) is 1. The van der Waals surface area contributed by atoms with E-state index in [9.17, 15) is 10.1 Å². The minimum atomic E-state index is -0.146. The SMILES string of the molecule is CCn1c(SCC(=O)Nc2sc3c(c2C#N)CCC3)nnc1-c1cc(C)n(C)n1. The second kappa shape index (κ2) is 8.00. The van der Waals surface area contributed by atoms with E-state index in [0.29, 0.717) is 28.1 Å². The number of anilines is 1. The fourth-order valence-electron chi connectivity index (χ4n) is 3.44. The molecular weight excluding hydrogens is 406 g/mol. The summed E-state index contributed by atoms with van der Waals surface area (Å²) in [6, 6.07) is 4.22. The highest BCUT2D eigenvalue weighted by Gasteiger charge is 2.23. The molecule has 1 aliphatic carbocycles. The first-order chi connectivity index (χ1) is 14.0. The molecule has 1 amide bonds. The number of rotatable bonds is 6. The van der Waals surface area contributed by atoms with E-state index in [1.54, 1.807) is 4.68 Å². The summed E-state index contributed by atoms with van der Waals surface area (Å²) >= 11 is 2.86. The van der Waals surface area contributed by atoms with Crippen molar-refractivity contribution in [1.29, 1.82) is 5.26 Å². The highest BCUT2D eigenvalue weighted by atomic mass is 32.2. The Morgan fingerprint density at radius 3 is 2.93 bits per heavy atom. The average Bonchev–Trinajstić information content (AvgIpc) is 3.44. The van der Waals surface area contributed by atoms with Gasteiger partial charge in [-0.2, -0.15) is 10.4 Å². The molecule has 8 nitrogen and oxygen atoms in total. The number of amides is 1. The molecule has 0 atom stereocenters. The highest BCUT2D eigenvalue weighted by Crippen LogP contribution is 2.38. The molecule has 0 saturated carbocycles. The maximum atomic E-state index is 12.5. The number of aryl methyl sites for hydroxylation is 3. The second-order valence-corrected chi connectivity index (χ2v) is 8.90. The second-order valence-electron chi connectivity index (χ2n) is 6.86. The van der Waals surface area contributed by atoms with E-state index in [4.69, 9.17) is 0 Å². The predicted molar refractivity (Wildman–Crippen MR) is 113 cm³/mol. The lowest BCUT2D eigenvalue weighted by atomic mass is 10.1. The Morgan fingerprint density at radius 1 is 1.41 bits per heavy atom. The number of carbonyl (C=O) groups is 1. The van der Waals surface area contributed by atoms with Crippen molar-refractivity contribution < 1.29 is 4.79 Å². The molecule has 3 heterocycles.